The van der Waals surface area contributed by atoms with Crippen molar-refractivity contribution >= 4 is 0 Å². The van der Waals surface area contributed by atoms with E-state index in [1.807, 2.05) is 6.07 Å². The Balaban J connectivity index is 3.03. The Labute approximate surface area is 105 Å². The van der Waals surface area contributed by atoms with Crippen molar-refractivity contribution in [3.8, 4) is 5.75 Å². The summed E-state index contributed by atoms with van der Waals surface area (Å²) < 4.78 is 5.67. The minimum Gasteiger partial charge on any atom is -0.491 e. The highest BCUT2D eigenvalue weighted by atomic mass is 16.5. The summed E-state index contributed by atoms with van der Waals surface area (Å²) in [5.74, 6) is 0.885. The average molecular weight is 236 g/mol. The fourth-order valence-corrected chi connectivity index (χ4v) is 1.72. The van der Waals surface area contributed by atoms with E-state index in [-0.39, 0.29) is 5.41 Å². The van der Waals surface area contributed by atoms with Gasteiger partial charge in [-0.2, -0.15) is 0 Å². The van der Waals surface area contributed by atoms with Crippen LogP contribution in [0.2, 0.25) is 0 Å². The first-order chi connectivity index (χ1) is 7.84. The summed E-state index contributed by atoms with van der Waals surface area (Å²) in [7, 11) is 0. The zero-order valence-electron chi connectivity index (χ0n) is 11.6. The lowest BCUT2D eigenvalue weighted by molar-refractivity contribution is 0.121. The highest BCUT2D eigenvalue weighted by Gasteiger charge is 2.19. The van der Waals surface area contributed by atoms with Crippen LogP contribution in [0.5, 0.6) is 5.75 Å². The lowest BCUT2D eigenvalue weighted by Crippen LogP contribution is -2.18. The van der Waals surface area contributed by atoms with E-state index in [0.29, 0.717) is 6.61 Å². The number of aliphatic hydroxyl groups is 1. The van der Waals surface area contributed by atoms with Crippen molar-refractivity contribution in [2.75, 3.05) is 6.61 Å². The predicted molar refractivity (Wildman–Crippen MR) is 71.7 cm³/mol. The first kappa shape index (κ1) is 14.0. The Morgan fingerprint density at radius 2 is 1.94 bits per heavy atom. The van der Waals surface area contributed by atoms with Gasteiger partial charge in [-0.05, 0) is 36.0 Å². The number of hydrogen-bond donors (Lipinski definition) is 1. The van der Waals surface area contributed by atoms with Crippen LogP contribution in [0.25, 0.3) is 0 Å². The van der Waals surface area contributed by atoms with Gasteiger partial charge in [-0.15, -0.1) is 0 Å². The fraction of sp³-hybridized carbons (Fsp3) is 0.600. The Morgan fingerprint density at radius 3 is 2.41 bits per heavy atom. The molecule has 0 saturated carbocycles. The molecule has 1 rings (SSSR count). The van der Waals surface area contributed by atoms with Crippen LogP contribution < -0.4 is 4.74 Å². The average Bonchev–Trinajstić information content (AvgIpc) is 2.24. The van der Waals surface area contributed by atoms with E-state index in [9.17, 15) is 5.11 Å². The number of rotatable bonds is 4. The standard InChI is InChI=1S/C15H24O2/c1-6-12-7-8-14(17-10-11(2)16)13(9-12)15(3,4)5/h7-9,11,16H,6,10H2,1-5H3. The molecule has 0 aliphatic carbocycles. The molecule has 2 nitrogen and oxygen atoms in total. The molecule has 0 radical (unpaired) electrons. The molecule has 1 N–H and O–H groups in total. The van der Waals surface area contributed by atoms with Crippen LogP contribution in [-0.4, -0.2) is 17.8 Å². The summed E-state index contributed by atoms with van der Waals surface area (Å²) in [5.41, 5.74) is 2.58. The Bertz CT molecular complexity index is 362. The molecule has 0 aliphatic rings. The van der Waals surface area contributed by atoms with Gasteiger partial charge in [0, 0.05) is 0 Å². The van der Waals surface area contributed by atoms with Crippen LogP contribution in [0.1, 0.15) is 45.7 Å². The molecule has 0 saturated heterocycles. The Kier molecular flexibility index (Phi) is 4.58. The summed E-state index contributed by atoms with van der Waals surface area (Å²) in [5, 5.41) is 9.28. The van der Waals surface area contributed by atoms with Crippen LogP contribution in [0.15, 0.2) is 18.2 Å². The van der Waals surface area contributed by atoms with Crippen molar-refractivity contribution in [2.24, 2.45) is 0 Å². The van der Waals surface area contributed by atoms with Gasteiger partial charge in [0.15, 0.2) is 0 Å². The largest absolute Gasteiger partial charge is 0.491 e. The minimum atomic E-state index is -0.436. The third kappa shape index (κ3) is 4.04. The maximum absolute atomic E-state index is 9.28. The zero-order chi connectivity index (χ0) is 13.1. The second-order valence-electron chi connectivity index (χ2n) is 5.59. The molecule has 0 amide bonds. The smallest absolute Gasteiger partial charge is 0.123 e. The van der Waals surface area contributed by atoms with Gasteiger partial charge in [0.05, 0.1) is 6.10 Å². The van der Waals surface area contributed by atoms with Gasteiger partial charge in [-0.25, -0.2) is 0 Å². The molecule has 1 atom stereocenters. The molecule has 1 aromatic rings. The second-order valence-corrected chi connectivity index (χ2v) is 5.59. The topological polar surface area (TPSA) is 29.5 Å². The molecule has 0 aliphatic heterocycles. The summed E-state index contributed by atoms with van der Waals surface area (Å²) in [6, 6.07) is 6.31. The van der Waals surface area contributed by atoms with Gasteiger partial charge in [0.2, 0.25) is 0 Å². The van der Waals surface area contributed by atoms with Crippen molar-refractivity contribution in [2.45, 2.75) is 52.6 Å². The Hall–Kier alpha value is -1.02. The van der Waals surface area contributed by atoms with Crippen molar-refractivity contribution in [1.82, 2.24) is 0 Å². The predicted octanol–water partition coefficient (Wildman–Crippen LogP) is 3.31. The van der Waals surface area contributed by atoms with Gasteiger partial charge in [-0.3, -0.25) is 0 Å². The van der Waals surface area contributed by atoms with Crippen LogP contribution >= 0.6 is 0 Å². The molecule has 1 unspecified atom stereocenters. The quantitative estimate of drug-likeness (QED) is 0.869. The third-order valence-corrected chi connectivity index (χ3v) is 2.74. The highest BCUT2D eigenvalue weighted by Crippen LogP contribution is 2.32. The van der Waals surface area contributed by atoms with Gasteiger partial charge in [-0.1, -0.05) is 39.8 Å². The van der Waals surface area contributed by atoms with E-state index in [1.165, 1.54) is 11.1 Å². The number of aryl methyl sites for hydroxylation is 1. The molecule has 0 fully saturated rings. The molecule has 0 heterocycles. The summed E-state index contributed by atoms with van der Waals surface area (Å²) in [4.78, 5) is 0. The van der Waals surface area contributed by atoms with E-state index in [1.54, 1.807) is 6.92 Å². The van der Waals surface area contributed by atoms with Crippen LogP contribution in [-0.2, 0) is 11.8 Å². The molecular weight excluding hydrogens is 212 g/mol. The van der Waals surface area contributed by atoms with E-state index in [4.69, 9.17) is 4.74 Å². The Morgan fingerprint density at radius 1 is 1.29 bits per heavy atom. The lowest BCUT2D eigenvalue weighted by Gasteiger charge is -2.24. The second kappa shape index (κ2) is 5.54. The zero-order valence-corrected chi connectivity index (χ0v) is 11.6. The van der Waals surface area contributed by atoms with E-state index >= 15 is 0 Å². The first-order valence-electron chi connectivity index (χ1n) is 6.29. The number of ether oxygens (including phenoxy) is 1. The van der Waals surface area contributed by atoms with Crippen LogP contribution in [0.3, 0.4) is 0 Å². The van der Waals surface area contributed by atoms with Gasteiger partial charge < -0.3 is 9.84 Å². The summed E-state index contributed by atoms with van der Waals surface area (Å²) in [6.45, 7) is 10.8. The maximum atomic E-state index is 9.28. The maximum Gasteiger partial charge on any atom is 0.123 e. The van der Waals surface area contributed by atoms with Crippen LogP contribution in [0.4, 0.5) is 0 Å². The number of benzene rings is 1. The van der Waals surface area contributed by atoms with Crippen LogP contribution in [0, 0.1) is 0 Å². The first-order valence-corrected chi connectivity index (χ1v) is 6.29. The minimum absolute atomic E-state index is 0.0548. The van der Waals surface area contributed by atoms with E-state index in [2.05, 4.69) is 39.8 Å². The third-order valence-electron chi connectivity index (χ3n) is 2.74. The molecule has 2 heteroatoms. The number of hydrogen-bond acceptors (Lipinski definition) is 2. The van der Waals surface area contributed by atoms with Gasteiger partial charge in [0.1, 0.15) is 12.4 Å². The molecule has 1 aromatic carbocycles. The van der Waals surface area contributed by atoms with E-state index < -0.39 is 6.10 Å². The normalized spacial score (nSPS) is 13.5. The van der Waals surface area contributed by atoms with Crippen molar-refractivity contribution in [1.29, 1.82) is 0 Å². The molecule has 0 aromatic heterocycles. The summed E-state index contributed by atoms with van der Waals surface area (Å²) >= 11 is 0. The molecule has 0 bridgehead atoms. The summed E-state index contributed by atoms with van der Waals surface area (Å²) in [6.07, 6.45) is 0.591. The van der Waals surface area contributed by atoms with Crippen molar-refractivity contribution in [3.63, 3.8) is 0 Å². The highest BCUT2D eigenvalue weighted by molar-refractivity contribution is 5.41. The van der Waals surface area contributed by atoms with Gasteiger partial charge in [0.25, 0.3) is 0 Å². The molecule has 0 spiro atoms. The van der Waals surface area contributed by atoms with Gasteiger partial charge >= 0.3 is 0 Å². The monoisotopic (exact) mass is 236 g/mol. The number of aliphatic hydroxyl groups excluding tert-OH is 1. The van der Waals surface area contributed by atoms with Crippen molar-refractivity contribution in [3.05, 3.63) is 29.3 Å². The lowest BCUT2D eigenvalue weighted by atomic mass is 9.85. The molecule has 17 heavy (non-hydrogen) atoms. The SMILES string of the molecule is CCc1ccc(OCC(C)O)c(C(C)(C)C)c1. The molecular formula is C15H24O2. The molecule has 96 valence electrons. The van der Waals surface area contributed by atoms with Crippen molar-refractivity contribution < 1.29 is 9.84 Å². The van der Waals surface area contributed by atoms with E-state index in [0.717, 1.165) is 12.2 Å². The fourth-order valence-electron chi connectivity index (χ4n) is 1.72.